The van der Waals surface area contributed by atoms with Gasteiger partial charge in [0.2, 0.25) is 5.88 Å². The van der Waals surface area contributed by atoms with Gasteiger partial charge in [-0.3, -0.25) is 0 Å². The van der Waals surface area contributed by atoms with Gasteiger partial charge in [-0.25, -0.2) is 0 Å². The molecule has 0 N–H and O–H groups in total. The van der Waals surface area contributed by atoms with Crippen LogP contribution in [0.25, 0.3) is 11.6 Å². The van der Waals surface area contributed by atoms with Crippen molar-refractivity contribution in [2.24, 2.45) is 0 Å². The Morgan fingerprint density at radius 1 is 1.31 bits per heavy atom. The van der Waals surface area contributed by atoms with Crippen molar-refractivity contribution >= 4 is 0 Å². The van der Waals surface area contributed by atoms with Gasteiger partial charge in [0.15, 0.2) is 12.0 Å². The fourth-order valence-corrected chi connectivity index (χ4v) is 0.829. The summed E-state index contributed by atoms with van der Waals surface area (Å²) in [5.41, 5.74) is 0.526. The van der Waals surface area contributed by atoms with E-state index in [2.05, 4.69) is 20.3 Å². The van der Waals surface area contributed by atoms with Crippen LogP contribution < -0.4 is 4.74 Å². The summed E-state index contributed by atoms with van der Waals surface area (Å²) in [6, 6.07) is 3.37. The summed E-state index contributed by atoms with van der Waals surface area (Å²) in [4.78, 5) is 3.82. The zero-order valence-electron chi connectivity index (χ0n) is 6.84. The average Bonchev–Trinajstić information content (AvgIpc) is 2.71. The van der Waals surface area contributed by atoms with E-state index in [1.54, 1.807) is 12.1 Å². The van der Waals surface area contributed by atoms with Gasteiger partial charge in [0.1, 0.15) is 0 Å². The molecule has 0 saturated heterocycles. The lowest BCUT2D eigenvalue weighted by molar-refractivity contribution is 0.391. The van der Waals surface area contributed by atoms with Crippen molar-refractivity contribution in [1.29, 1.82) is 0 Å². The van der Waals surface area contributed by atoms with E-state index in [9.17, 15) is 0 Å². The maximum absolute atomic E-state index is 4.85. The molecule has 6 nitrogen and oxygen atoms in total. The minimum absolute atomic E-state index is 0.343. The van der Waals surface area contributed by atoms with E-state index < -0.39 is 0 Å². The average molecular weight is 178 g/mol. The highest BCUT2D eigenvalue weighted by Gasteiger charge is 2.05. The van der Waals surface area contributed by atoms with Gasteiger partial charge in [-0.15, -0.1) is 10.2 Å². The predicted octanol–water partition coefficient (Wildman–Crippen LogP) is 0.535. The lowest BCUT2D eigenvalue weighted by Crippen LogP contribution is -1.91. The van der Waals surface area contributed by atoms with Crippen LogP contribution in [0, 0.1) is 0 Å². The van der Waals surface area contributed by atoms with Crippen LogP contribution in [0.3, 0.4) is 0 Å². The molecule has 0 aliphatic carbocycles. The summed E-state index contributed by atoms with van der Waals surface area (Å²) in [6.45, 7) is 0. The zero-order chi connectivity index (χ0) is 9.10. The summed E-state index contributed by atoms with van der Waals surface area (Å²) in [6.07, 6.45) is 1.31. The van der Waals surface area contributed by atoms with Gasteiger partial charge in [-0.2, -0.15) is 4.98 Å². The van der Waals surface area contributed by atoms with E-state index in [0.29, 0.717) is 17.5 Å². The van der Waals surface area contributed by atoms with Crippen molar-refractivity contribution in [2.75, 3.05) is 7.11 Å². The summed E-state index contributed by atoms with van der Waals surface area (Å²) < 4.78 is 9.63. The molecule has 2 aromatic heterocycles. The minimum atomic E-state index is 0.343. The van der Waals surface area contributed by atoms with Gasteiger partial charge in [-0.05, 0) is 6.07 Å². The normalized spacial score (nSPS) is 9.92. The van der Waals surface area contributed by atoms with Gasteiger partial charge in [-0.1, -0.05) is 5.16 Å². The first kappa shape index (κ1) is 7.66. The molecule has 2 aromatic rings. The van der Waals surface area contributed by atoms with Crippen LogP contribution >= 0.6 is 0 Å². The van der Waals surface area contributed by atoms with Crippen LogP contribution in [0.5, 0.6) is 5.88 Å². The summed E-state index contributed by atoms with van der Waals surface area (Å²) in [7, 11) is 1.52. The molecule has 2 rings (SSSR count). The summed E-state index contributed by atoms with van der Waals surface area (Å²) in [5.74, 6) is 0.790. The maximum atomic E-state index is 4.85. The third-order valence-electron chi connectivity index (χ3n) is 1.43. The molecule has 0 amide bonds. The van der Waals surface area contributed by atoms with E-state index in [0.717, 1.165) is 0 Å². The lowest BCUT2D eigenvalue weighted by atomic mass is 10.4. The minimum Gasteiger partial charge on any atom is -0.480 e. The number of hydrogen-bond acceptors (Lipinski definition) is 6. The van der Waals surface area contributed by atoms with Crippen molar-refractivity contribution in [3.05, 3.63) is 18.5 Å². The van der Waals surface area contributed by atoms with Gasteiger partial charge in [0, 0.05) is 6.07 Å². The van der Waals surface area contributed by atoms with Crippen molar-refractivity contribution in [3.63, 3.8) is 0 Å². The molecule has 66 valence electrons. The maximum Gasteiger partial charge on any atom is 0.278 e. The largest absolute Gasteiger partial charge is 0.480 e. The molecule has 0 saturated carbocycles. The number of rotatable bonds is 2. The highest BCUT2D eigenvalue weighted by molar-refractivity contribution is 5.44. The molecular formula is C7H6N4O2. The predicted molar refractivity (Wildman–Crippen MR) is 41.9 cm³/mol. The molecule has 2 heterocycles. The molecule has 0 aliphatic heterocycles. The van der Waals surface area contributed by atoms with Crippen molar-refractivity contribution < 1.29 is 9.26 Å². The Kier molecular flexibility index (Phi) is 1.87. The number of aromatic nitrogens is 4. The molecule has 13 heavy (non-hydrogen) atoms. The molecule has 6 heteroatoms. The summed E-state index contributed by atoms with van der Waals surface area (Å²) >= 11 is 0. The summed E-state index contributed by atoms with van der Waals surface area (Å²) in [5, 5.41) is 11.0. The molecule has 0 bridgehead atoms. The van der Waals surface area contributed by atoms with E-state index in [1.165, 1.54) is 13.4 Å². The highest BCUT2D eigenvalue weighted by Crippen LogP contribution is 2.13. The Labute approximate surface area is 73.6 Å². The van der Waals surface area contributed by atoms with Gasteiger partial charge in [0.05, 0.1) is 7.11 Å². The molecule has 0 aromatic carbocycles. The van der Waals surface area contributed by atoms with Crippen LogP contribution in [0.4, 0.5) is 0 Å². The topological polar surface area (TPSA) is 73.9 Å². The monoisotopic (exact) mass is 178 g/mol. The number of nitrogens with zero attached hydrogens (tertiary/aromatic N) is 4. The van der Waals surface area contributed by atoms with Crippen LogP contribution in [0.2, 0.25) is 0 Å². The number of hydrogen-bond donors (Lipinski definition) is 0. The first-order chi connectivity index (χ1) is 6.40. The van der Waals surface area contributed by atoms with Crippen LogP contribution in [0.15, 0.2) is 23.0 Å². The molecular weight excluding hydrogens is 172 g/mol. The Hall–Kier alpha value is -1.98. The van der Waals surface area contributed by atoms with E-state index >= 15 is 0 Å². The van der Waals surface area contributed by atoms with Crippen molar-refractivity contribution in [3.8, 4) is 17.5 Å². The number of ether oxygens (including phenoxy) is 1. The van der Waals surface area contributed by atoms with E-state index in [1.807, 2.05) is 0 Å². The Morgan fingerprint density at radius 2 is 2.23 bits per heavy atom. The third kappa shape index (κ3) is 1.46. The Balaban J connectivity index is 2.33. The van der Waals surface area contributed by atoms with E-state index in [-0.39, 0.29) is 0 Å². The first-order valence-electron chi connectivity index (χ1n) is 3.55. The highest BCUT2D eigenvalue weighted by atomic mass is 16.5. The number of methoxy groups -OCH3 is 1. The molecule has 0 unspecified atom stereocenters. The SMILES string of the molecule is COc1ccc(-c2ncno2)nn1. The van der Waals surface area contributed by atoms with Gasteiger partial charge < -0.3 is 9.26 Å². The van der Waals surface area contributed by atoms with E-state index in [4.69, 9.17) is 9.26 Å². The van der Waals surface area contributed by atoms with Gasteiger partial charge in [0.25, 0.3) is 5.89 Å². The molecule has 0 fully saturated rings. The second kappa shape index (κ2) is 3.18. The molecule has 0 aliphatic rings. The Bertz CT molecular complexity index is 370. The smallest absolute Gasteiger partial charge is 0.278 e. The first-order valence-corrected chi connectivity index (χ1v) is 3.55. The Morgan fingerprint density at radius 3 is 2.77 bits per heavy atom. The second-order valence-corrected chi connectivity index (χ2v) is 2.21. The zero-order valence-corrected chi connectivity index (χ0v) is 6.84. The quantitative estimate of drug-likeness (QED) is 0.667. The molecule has 0 radical (unpaired) electrons. The van der Waals surface area contributed by atoms with Crippen LogP contribution in [-0.2, 0) is 0 Å². The van der Waals surface area contributed by atoms with Crippen LogP contribution in [-0.4, -0.2) is 27.4 Å². The van der Waals surface area contributed by atoms with Gasteiger partial charge >= 0.3 is 0 Å². The van der Waals surface area contributed by atoms with Crippen molar-refractivity contribution in [1.82, 2.24) is 20.3 Å². The second-order valence-electron chi connectivity index (χ2n) is 2.21. The van der Waals surface area contributed by atoms with Crippen LogP contribution in [0.1, 0.15) is 0 Å². The fraction of sp³-hybridized carbons (Fsp3) is 0.143. The standard InChI is InChI=1S/C7H6N4O2/c1-12-6-3-2-5(10-11-6)7-8-4-9-13-7/h2-4H,1H3. The lowest BCUT2D eigenvalue weighted by Gasteiger charge is -1.95. The molecule has 0 atom stereocenters. The molecule has 0 spiro atoms. The fourth-order valence-electron chi connectivity index (χ4n) is 0.829. The third-order valence-corrected chi connectivity index (χ3v) is 1.43. The van der Waals surface area contributed by atoms with Crippen molar-refractivity contribution in [2.45, 2.75) is 0 Å².